The molecule has 0 saturated carbocycles. The zero-order chi connectivity index (χ0) is 11.5. The summed E-state index contributed by atoms with van der Waals surface area (Å²) in [5, 5.41) is 0. The van der Waals surface area contributed by atoms with Crippen molar-refractivity contribution in [3.8, 4) is 0 Å². The fourth-order valence-corrected chi connectivity index (χ4v) is 1.06. The van der Waals surface area contributed by atoms with Crippen LogP contribution in [0.1, 0.15) is 11.3 Å². The number of alkyl halides is 3. The van der Waals surface area contributed by atoms with Crippen LogP contribution in [0.2, 0.25) is 0 Å². The van der Waals surface area contributed by atoms with Crippen LogP contribution in [0.4, 0.5) is 13.2 Å². The van der Waals surface area contributed by atoms with Crippen LogP contribution < -0.4 is 0 Å². The van der Waals surface area contributed by atoms with Crippen molar-refractivity contribution in [3.63, 3.8) is 0 Å². The van der Waals surface area contributed by atoms with E-state index in [-0.39, 0.29) is 5.56 Å². The van der Waals surface area contributed by atoms with Crippen molar-refractivity contribution in [3.05, 3.63) is 29.6 Å². The molecule has 0 bridgehead atoms. The van der Waals surface area contributed by atoms with Crippen LogP contribution in [0.5, 0.6) is 0 Å². The van der Waals surface area contributed by atoms with Gasteiger partial charge in [0.05, 0.1) is 13.5 Å². The van der Waals surface area contributed by atoms with E-state index in [1.165, 1.54) is 12.1 Å². The maximum atomic E-state index is 12.4. The Labute approximate surface area is 83.9 Å². The summed E-state index contributed by atoms with van der Waals surface area (Å²) < 4.78 is 41.5. The van der Waals surface area contributed by atoms with Gasteiger partial charge in [0, 0.05) is 6.20 Å². The molecule has 15 heavy (non-hydrogen) atoms. The summed E-state index contributed by atoms with van der Waals surface area (Å²) in [5.41, 5.74) is -1.23. The quantitative estimate of drug-likeness (QED) is 0.712. The fourth-order valence-electron chi connectivity index (χ4n) is 1.06. The maximum Gasteiger partial charge on any atom is 0.433 e. The number of methoxy groups -OCH3 is 1. The first-order valence-corrected chi connectivity index (χ1v) is 4.03. The zero-order valence-electron chi connectivity index (χ0n) is 7.84. The SMILES string of the molecule is COC(=O)Cc1cccnc1C(F)(F)F. The van der Waals surface area contributed by atoms with E-state index in [0.29, 0.717) is 0 Å². The second kappa shape index (κ2) is 4.29. The molecule has 1 rings (SSSR count). The molecule has 0 aliphatic heterocycles. The molecule has 0 fully saturated rings. The Balaban J connectivity index is 3.02. The number of esters is 1. The third kappa shape index (κ3) is 2.93. The molecule has 0 radical (unpaired) electrons. The standard InChI is InChI=1S/C9H8F3NO2/c1-15-7(14)5-6-3-2-4-13-8(6)9(10,11)12/h2-4H,5H2,1H3. The molecule has 1 heterocycles. The molecule has 0 aliphatic rings. The highest BCUT2D eigenvalue weighted by Gasteiger charge is 2.35. The summed E-state index contributed by atoms with van der Waals surface area (Å²) >= 11 is 0. The summed E-state index contributed by atoms with van der Waals surface area (Å²) in [6.07, 6.45) is -3.95. The topological polar surface area (TPSA) is 39.2 Å². The molecule has 0 aliphatic carbocycles. The van der Waals surface area contributed by atoms with Gasteiger partial charge < -0.3 is 4.74 Å². The third-order valence-electron chi connectivity index (χ3n) is 1.72. The zero-order valence-corrected chi connectivity index (χ0v) is 7.84. The Morgan fingerprint density at radius 2 is 2.20 bits per heavy atom. The van der Waals surface area contributed by atoms with Crippen LogP contribution in [0.3, 0.4) is 0 Å². The fraction of sp³-hybridized carbons (Fsp3) is 0.333. The van der Waals surface area contributed by atoms with Crippen LogP contribution in [0, 0.1) is 0 Å². The first-order valence-electron chi connectivity index (χ1n) is 4.03. The molecule has 1 aromatic heterocycles. The average Bonchev–Trinajstić information content (AvgIpc) is 2.17. The predicted molar refractivity (Wildman–Crippen MR) is 45.0 cm³/mol. The molecular weight excluding hydrogens is 211 g/mol. The Morgan fingerprint density at radius 3 is 2.73 bits per heavy atom. The van der Waals surface area contributed by atoms with Crippen molar-refractivity contribution in [2.75, 3.05) is 7.11 Å². The largest absolute Gasteiger partial charge is 0.469 e. The molecule has 0 unspecified atom stereocenters. The molecule has 0 aromatic carbocycles. The van der Waals surface area contributed by atoms with Gasteiger partial charge in [-0.15, -0.1) is 0 Å². The van der Waals surface area contributed by atoms with E-state index in [9.17, 15) is 18.0 Å². The smallest absolute Gasteiger partial charge is 0.433 e. The highest BCUT2D eigenvalue weighted by atomic mass is 19.4. The van der Waals surface area contributed by atoms with E-state index in [2.05, 4.69) is 9.72 Å². The molecular formula is C9H8F3NO2. The van der Waals surface area contributed by atoms with Crippen molar-refractivity contribution >= 4 is 5.97 Å². The van der Waals surface area contributed by atoms with Gasteiger partial charge in [0.1, 0.15) is 5.69 Å². The van der Waals surface area contributed by atoms with Gasteiger partial charge in [-0.3, -0.25) is 9.78 Å². The van der Waals surface area contributed by atoms with Gasteiger partial charge in [-0.2, -0.15) is 13.2 Å². The molecule has 0 spiro atoms. The normalized spacial score (nSPS) is 11.2. The summed E-state index contributed by atoms with van der Waals surface area (Å²) in [4.78, 5) is 14.0. The Bertz CT molecular complexity index is 363. The van der Waals surface area contributed by atoms with Gasteiger partial charge in [-0.1, -0.05) is 6.07 Å². The van der Waals surface area contributed by atoms with Gasteiger partial charge in [-0.25, -0.2) is 0 Å². The predicted octanol–water partition coefficient (Wildman–Crippen LogP) is 1.82. The molecule has 6 heteroatoms. The second-order valence-electron chi connectivity index (χ2n) is 2.76. The van der Waals surface area contributed by atoms with E-state index >= 15 is 0 Å². The Morgan fingerprint density at radius 1 is 1.53 bits per heavy atom. The van der Waals surface area contributed by atoms with Gasteiger partial charge in [-0.05, 0) is 11.6 Å². The summed E-state index contributed by atoms with van der Waals surface area (Å²) in [7, 11) is 1.12. The van der Waals surface area contributed by atoms with Crippen LogP contribution in [0.25, 0.3) is 0 Å². The van der Waals surface area contributed by atoms with Crippen molar-refractivity contribution < 1.29 is 22.7 Å². The Kier molecular flexibility index (Phi) is 3.28. The lowest BCUT2D eigenvalue weighted by atomic mass is 10.1. The number of ether oxygens (including phenoxy) is 1. The first-order chi connectivity index (χ1) is 6.95. The van der Waals surface area contributed by atoms with E-state index in [1.807, 2.05) is 0 Å². The maximum absolute atomic E-state index is 12.4. The van der Waals surface area contributed by atoms with Gasteiger partial charge >= 0.3 is 12.1 Å². The van der Waals surface area contributed by atoms with Crippen LogP contribution in [-0.2, 0) is 22.1 Å². The number of carbonyl (C=O) groups excluding carboxylic acids is 1. The number of rotatable bonds is 2. The monoisotopic (exact) mass is 219 g/mol. The number of aromatic nitrogens is 1. The highest BCUT2D eigenvalue weighted by molar-refractivity contribution is 5.72. The van der Waals surface area contributed by atoms with E-state index < -0.39 is 24.3 Å². The Hall–Kier alpha value is -1.59. The van der Waals surface area contributed by atoms with Crippen molar-refractivity contribution in [1.29, 1.82) is 0 Å². The second-order valence-corrected chi connectivity index (χ2v) is 2.76. The van der Waals surface area contributed by atoms with Crippen molar-refractivity contribution in [2.45, 2.75) is 12.6 Å². The molecule has 3 nitrogen and oxygen atoms in total. The van der Waals surface area contributed by atoms with Gasteiger partial charge in [0.15, 0.2) is 0 Å². The number of halogens is 3. The lowest BCUT2D eigenvalue weighted by Crippen LogP contribution is -2.15. The third-order valence-corrected chi connectivity index (χ3v) is 1.72. The van der Waals surface area contributed by atoms with E-state index in [1.54, 1.807) is 0 Å². The number of nitrogens with zero attached hydrogens (tertiary/aromatic N) is 1. The van der Waals surface area contributed by atoms with Gasteiger partial charge in [0.25, 0.3) is 0 Å². The molecule has 1 aromatic rings. The van der Waals surface area contributed by atoms with E-state index in [4.69, 9.17) is 0 Å². The number of hydrogen-bond acceptors (Lipinski definition) is 3. The minimum absolute atomic E-state index is 0.183. The summed E-state index contributed by atoms with van der Waals surface area (Å²) in [6, 6.07) is 2.54. The molecule has 0 saturated heterocycles. The molecule has 0 amide bonds. The average molecular weight is 219 g/mol. The van der Waals surface area contributed by atoms with Crippen LogP contribution in [0.15, 0.2) is 18.3 Å². The molecule has 0 atom stereocenters. The minimum atomic E-state index is -4.55. The van der Waals surface area contributed by atoms with Crippen LogP contribution in [-0.4, -0.2) is 18.1 Å². The molecule has 0 N–H and O–H groups in total. The van der Waals surface area contributed by atoms with Crippen molar-refractivity contribution in [2.24, 2.45) is 0 Å². The van der Waals surface area contributed by atoms with E-state index in [0.717, 1.165) is 13.3 Å². The van der Waals surface area contributed by atoms with Crippen molar-refractivity contribution in [1.82, 2.24) is 4.98 Å². The summed E-state index contributed by atoms with van der Waals surface area (Å²) in [6.45, 7) is 0. The number of carbonyl (C=O) groups is 1. The highest BCUT2D eigenvalue weighted by Crippen LogP contribution is 2.30. The van der Waals surface area contributed by atoms with Crippen LogP contribution >= 0.6 is 0 Å². The number of hydrogen-bond donors (Lipinski definition) is 0. The minimum Gasteiger partial charge on any atom is -0.469 e. The summed E-state index contributed by atoms with van der Waals surface area (Å²) in [5.74, 6) is -0.728. The number of pyridine rings is 1. The first kappa shape index (κ1) is 11.5. The lowest BCUT2D eigenvalue weighted by molar-refractivity contribution is -0.143. The lowest BCUT2D eigenvalue weighted by Gasteiger charge is -2.09. The molecule has 82 valence electrons. The van der Waals surface area contributed by atoms with Gasteiger partial charge in [0.2, 0.25) is 0 Å².